The Morgan fingerprint density at radius 2 is 1.84 bits per heavy atom. The van der Waals surface area contributed by atoms with E-state index in [1.807, 2.05) is 0 Å². The second kappa shape index (κ2) is 9.47. The first-order valence-corrected chi connectivity index (χ1v) is 11.0. The van der Waals surface area contributed by atoms with Crippen molar-refractivity contribution >= 4 is 23.6 Å². The summed E-state index contributed by atoms with van der Waals surface area (Å²) < 4.78 is 28.4. The Balaban J connectivity index is 1.50. The first-order chi connectivity index (χ1) is 15.4. The molecule has 1 aliphatic rings. The Morgan fingerprint density at radius 1 is 1.09 bits per heavy atom. The monoisotopic (exact) mass is 457 g/mol. The number of likely N-dealkylation sites (tertiary alicyclic amines) is 1. The lowest BCUT2D eigenvalue weighted by atomic mass is 10.1. The summed E-state index contributed by atoms with van der Waals surface area (Å²) in [5, 5.41) is 7.86. The van der Waals surface area contributed by atoms with Gasteiger partial charge in [0.15, 0.2) is 5.82 Å². The van der Waals surface area contributed by atoms with E-state index in [0.29, 0.717) is 35.9 Å². The number of hydrogen-bond donors (Lipinski definition) is 1. The normalized spacial score (nSPS) is 16.8. The average molecular weight is 458 g/mol. The highest BCUT2D eigenvalue weighted by atomic mass is 32.2. The van der Waals surface area contributed by atoms with Crippen molar-refractivity contribution < 1.29 is 18.4 Å². The van der Waals surface area contributed by atoms with Gasteiger partial charge in [0.2, 0.25) is 11.1 Å². The smallest absolute Gasteiger partial charge is 0.260 e. The lowest BCUT2D eigenvalue weighted by Gasteiger charge is -2.22. The molecule has 1 aliphatic heterocycles. The molecule has 0 radical (unpaired) electrons. The van der Waals surface area contributed by atoms with Crippen LogP contribution in [0, 0.1) is 11.6 Å². The number of nitrogens with two attached hydrogens (primary N) is 1. The van der Waals surface area contributed by atoms with Crippen LogP contribution >= 0.6 is 11.8 Å². The van der Waals surface area contributed by atoms with Crippen LogP contribution in [0.15, 0.2) is 53.7 Å². The van der Waals surface area contributed by atoms with Gasteiger partial charge < -0.3 is 5.84 Å². The quantitative estimate of drug-likeness (QED) is 0.467. The molecule has 10 heteroatoms. The van der Waals surface area contributed by atoms with Crippen LogP contribution in [-0.4, -0.2) is 43.4 Å². The van der Waals surface area contributed by atoms with E-state index in [2.05, 4.69) is 10.2 Å². The number of rotatable bonds is 5. The molecule has 0 saturated carbocycles. The van der Waals surface area contributed by atoms with Gasteiger partial charge in [-0.2, -0.15) is 0 Å². The van der Waals surface area contributed by atoms with Crippen molar-refractivity contribution in [3.63, 3.8) is 0 Å². The van der Waals surface area contributed by atoms with Crippen molar-refractivity contribution in [1.82, 2.24) is 19.8 Å². The number of nitrogens with zero attached hydrogens (tertiary/aromatic N) is 4. The van der Waals surface area contributed by atoms with E-state index in [0.717, 1.165) is 18.2 Å². The molecule has 0 bridgehead atoms. The Labute approximate surface area is 187 Å². The van der Waals surface area contributed by atoms with Gasteiger partial charge >= 0.3 is 0 Å². The predicted molar refractivity (Wildman–Crippen MR) is 115 cm³/mol. The van der Waals surface area contributed by atoms with Crippen molar-refractivity contribution in [1.29, 1.82) is 0 Å². The minimum absolute atomic E-state index is 0.157. The average Bonchev–Trinajstić information content (AvgIpc) is 3.01. The summed E-state index contributed by atoms with van der Waals surface area (Å²) >= 11 is 1.13. The molecule has 2 aromatic carbocycles. The summed E-state index contributed by atoms with van der Waals surface area (Å²) in [6.45, 7) is 0.292. The molecule has 0 spiro atoms. The third-order valence-electron chi connectivity index (χ3n) is 5.27. The van der Waals surface area contributed by atoms with Crippen molar-refractivity contribution in [2.45, 2.75) is 36.1 Å². The van der Waals surface area contributed by atoms with Crippen LogP contribution in [0.25, 0.3) is 0 Å². The zero-order chi connectivity index (χ0) is 22.7. The highest BCUT2D eigenvalue weighted by molar-refractivity contribution is 8.00. The molecule has 2 amide bonds. The van der Waals surface area contributed by atoms with Crippen molar-refractivity contribution in [3.05, 3.63) is 77.1 Å². The summed E-state index contributed by atoms with van der Waals surface area (Å²) in [6, 6.07) is 11.4. The molecule has 7 nitrogen and oxygen atoms in total. The predicted octanol–water partition coefficient (Wildman–Crippen LogP) is 3.17. The van der Waals surface area contributed by atoms with Crippen LogP contribution in [0.5, 0.6) is 0 Å². The van der Waals surface area contributed by atoms with Crippen LogP contribution in [0.1, 0.15) is 41.0 Å². The van der Waals surface area contributed by atoms with Crippen LogP contribution in [-0.2, 0) is 11.2 Å². The maximum atomic E-state index is 14.0. The van der Waals surface area contributed by atoms with E-state index in [1.165, 1.54) is 39.9 Å². The fourth-order valence-corrected chi connectivity index (χ4v) is 4.59. The fraction of sp³-hybridized carbons (Fsp3) is 0.273. The van der Waals surface area contributed by atoms with Crippen molar-refractivity contribution in [3.8, 4) is 0 Å². The van der Waals surface area contributed by atoms with E-state index in [4.69, 9.17) is 5.84 Å². The van der Waals surface area contributed by atoms with Gasteiger partial charge in [-0.15, -0.1) is 10.2 Å². The van der Waals surface area contributed by atoms with E-state index < -0.39 is 17.0 Å². The van der Waals surface area contributed by atoms with Gasteiger partial charge in [0.1, 0.15) is 11.6 Å². The van der Waals surface area contributed by atoms with Gasteiger partial charge in [0.05, 0.1) is 5.25 Å². The molecular formula is C22H21F2N5O2S. The molecule has 3 aromatic rings. The molecular weight excluding hydrogens is 436 g/mol. The Bertz CT molecular complexity index is 1140. The summed E-state index contributed by atoms with van der Waals surface area (Å²) in [6.07, 6.45) is 2.12. The largest absolute Gasteiger partial charge is 0.336 e. The minimum Gasteiger partial charge on any atom is -0.336 e. The third-order valence-corrected chi connectivity index (χ3v) is 6.48. The number of thioether (sulfide) groups is 1. The third kappa shape index (κ3) is 4.64. The Hall–Kier alpha value is -3.27. The van der Waals surface area contributed by atoms with Gasteiger partial charge in [0.25, 0.3) is 5.91 Å². The molecule has 2 N–H and O–H groups in total. The van der Waals surface area contributed by atoms with Gasteiger partial charge in [-0.3, -0.25) is 14.5 Å². The van der Waals surface area contributed by atoms with Gasteiger partial charge in [-0.05, 0) is 48.7 Å². The van der Waals surface area contributed by atoms with E-state index in [1.54, 1.807) is 18.2 Å². The zero-order valence-corrected chi connectivity index (χ0v) is 17.9. The second-order valence-corrected chi connectivity index (χ2v) is 8.61. The number of benzene rings is 2. The number of nitrogen functional groups attached to an aromatic ring is 1. The zero-order valence-electron chi connectivity index (χ0n) is 17.1. The molecule has 32 heavy (non-hydrogen) atoms. The van der Waals surface area contributed by atoms with Crippen molar-refractivity contribution in [2.75, 3.05) is 12.4 Å². The van der Waals surface area contributed by atoms with Gasteiger partial charge in [-0.1, -0.05) is 36.4 Å². The molecule has 166 valence electrons. The van der Waals surface area contributed by atoms with Crippen LogP contribution in [0.4, 0.5) is 8.78 Å². The number of aromatic nitrogens is 3. The molecule has 1 atom stereocenters. The highest BCUT2D eigenvalue weighted by Crippen LogP contribution is 2.30. The maximum absolute atomic E-state index is 14.0. The SMILES string of the molecule is Nn1c(Cc2ccccc2F)nnc1S[C@H]1CCCCN(C(=O)c2ccc(F)cc2)C1=O. The number of halogens is 2. The maximum Gasteiger partial charge on any atom is 0.260 e. The molecule has 1 saturated heterocycles. The number of hydrogen-bond acceptors (Lipinski definition) is 6. The molecule has 0 unspecified atom stereocenters. The minimum atomic E-state index is -0.574. The Kier molecular flexibility index (Phi) is 6.50. The number of carbonyl (C=O) groups excluding carboxylic acids is 2. The number of amides is 2. The summed E-state index contributed by atoms with van der Waals surface area (Å²) in [7, 11) is 0. The molecule has 2 heterocycles. The summed E-state index contributed by atoms with van der Waals surface area (Å²) in [5.41, 5.74) is 0.685. The molecule has 4 rings (SSSR count). The standard InChI is InChI=1S/C22H21F2N5O2S/c23-16-10-8-14(9-11-16)20(30)28-12-4-3-7-18(21(28)31)32-22-27-26-19(29(22)25)13-15-5-1-2-6-17(15)24/h1-2,5-6,8-11,18H,3-4,7,12-13,25H2/t18-/m0/s1. The number of imide groups is 1. The highest BCUT2D eigenvalue weighted by Gasteiger charge is 2.33. The lowest BCUT2D eigenvalue weighted by molar-refractivity contribution is -0.127. The van der Waals surface area contributed by atoms with Crippen LogP contribution < -0.4 is 5.84 Å². The van der Waals surface area contributed by atoms with Crippen LogP contribution in [0.2, 0.25) is 0 Å². The number of carbonyl (C=O) groups is 2. The fourth-order valence-electron chi connectivity index (χ4n) is 3.51. The Morgan fingerprint density at radius 3 is 2.59 bits per heavy atom. The summed E-state index contributed by atoms with van der Waals surface area (Å²) in [5.74, 6) is 4.86. The molecule has 0 aliphatic carbocycles. The van der Waals surface area contributed by atoms with Gasteiger partial charge in [-0.25, -0.2) is 13.5 Å². The van der Waals surface area contributed by atoms with Gasteiger partial charge in [0, 0.05) is 18.5 Å². The molecule has 1 aromatic heterocycles. The lowest BCUT2D eigenvalue weighted by Crippen LogP contribution is -2.41. The first-order valence-electron chi connectivity index (χ1n) is 10.1. The first kappa shape index (κ1) is 21.9. The molecule has 1 fully saturated rings. The second-order valence-electron chi connectivity index (χ2n) is 7.44. The van der Waals surface area contributed by atoms with Crippen molar-refractivity contribution in [2.24, 2.45) is 0 Å². The van der Waals surface area contributed by atoms with Crippen LogP contribution in [0.3, 0.4) is 0 Å². The van der Waals surface area contributed by atoms with E-state index in [9.17, 15) is 18.4 Å². The summed E-state index contributed by atoms with van der Waals surface area (Å²) in [4.78, 5) is 27.2. The van der Waals surface area contributed by atoms with E-state index in [-0.39, 0.29) is 23.7 Å². The van der Waals surface area contributed by atoms with E-state index >= 15 is 0 Å². The topological polar surface area (TPSA) is 94.1 Å².